The highest BCUT2D eigenvalue weighted by Gasteiger charge is 2.13. The molecule has 0 spiro atoms. The van der Waals surface area contributed by atoms with Crippen molar-refractivity contribution in [3.8, 4) is 0 Å². The van der Waals surface area contributed by atoms with Crippen molar-refractivity contribution < 1.29 is 9.32 Å². The minimum atomic E-state index is -0.193. The maximum Gasteiger partial charge on any atom is 0.273 e. The summed E-state index contributed by atoms with van der Waals surface area (Å²) < 4.78 is 7.06. The summed E-state index contributed by atoms with van der Waals surface area (Å²) in [6.07, 6.45) is 6.24. The van der Waals surface area contributed by atoms with Gasteiger partial charge in [0.15, 0.2) is 5.69 Å². The molecule has 2 aromatic rings. The summed E-state index contributed by atoms with van der Waals surface area (Å²) in [6.45, 7) is 5.41. The monoisotopic (exact) mass is 262 g/mol. The zero-order chi connectivity index (χ0) is 13.7. The first-order valence-corrected chi connectivity index (χ1v) is 6.37. The summed E-state index contributed by atoms with van der Waals surface area (Å²) in [7, 11) is 0. The molecule has 6 heteroatoms. The van der Waals surface area contributed by atoms with E-state index in [0.717, 1.165) is 18.7 Å². The first kappa shape index (κ1) is 13.3. The topological polar surface area (TPSA) is 73.0 Å². The second-order valence-corrected chi connectivity index (χ2v) is 4.68. The van der Waals surface area contributed by atoms with Crippen LogP contribution in [-0.2, 0) is 6.54 Å². The number of rotatable bonds is 6. The van der Waals surface area contributed by atoms with Crippen LogP contribution in [0.15, 0.2) is 29.3 Å². The van der Waals surface area contributed by atoms with E-state index in [0.29, 0.717) is 12.2 Å². The minimum absolute atomic E-state index is 0.193. The van der Waals surface area contributed by atoms with Gasteiger partial charge in [0, 0.05) is 37.5 Å². The number of carbonyl (C=O) groups is 1. The Morgan fingerprint density at radius 3 is 3.00 bits per heavy atom. The zero-order valence-corrected chi connectivity index (χ0v) is 11.2. The van der Waals surface area contributed by atoms with Gasteiger partial charge in [-0.25, -0.2) is 4.98 Å². The van der Waals surface area contributed by atoms with E-state index in [1.54, 1.807) is 18.6 Å². The van der Waals surface area contributed by atoms with Crippen molar-refractivity contribution in [1.29, 1.82) is 0 Å². The molecular weight excluding hydrogens is 244 g/mol. The van der Waals surface area contributed by atoms with E-state index >= 15 is 0 Å². The van der Waals surface area contributed by atoms with E-state index in [1.165, 1.54) is 0 Å². The first-order valence-electron chi connectivity index (χ1n) is 6.37. The Hall–Kier alpha value is -2.11. The quantitative estimate of drug-likeness (QED) is 0.806. The summed E-state index contributed by atoms with van der Waals surface area (Å²) in [5.41, 5.74) is 0.339. The van der Waals surface area contributed by atoms with Crippen molar-refractivity contribution in [1.82, 2.24) is 20.0 Å². The standard InChI is InChI=1S/C13H18N4O2/c1-10(2)12-8-11(16-19-12)13(18)15-4-3-6-17-7-5-14-9-17/h5,7-10H,3-4,6H2,1-2H3,(H,15,18). The molecule has 0 aliphatic rings. The molecular formula is C13H18N4O2. The Labute approximate surface area is 111 Å². The average Bonchev–Trinajstić information content (AvgIpc) is 3.05. The number of aryl methyl sites for hydroxylation is 1. The normalized spacial score (nSPS) is 10.9. The van der Waals surface area contributed by atoms with Crippen molar-refractivity contribution in [3.63, 3.8) is 0 Å². The van der Waals surface area contributed by atoms with Crippen LogP contribution in [0.4, 0.5) is 0 Å². The third-order valence-corrected chi connectivity index (χ3v) is 2.77. The molecule has 0 radical (unpaired) electrons. The number of carbonyl (C=O) groups excluding carboxylic acids is 1. The smallest absolute Gasteiger partial charge is 0.273 e. The number of nitrogens with zero attached hydrogens (tertiary/aromatic N) is 3. The maximum absolute atomic E-state index is 11.8. The summed E-state index contributed by atoms with van der Waals surface area (Å²) in [4.78, 5) is 15.7. The van der Waals surface area contributed by atoms with Crippen LogP contribution in [0.2, 0.25) is 0 Å². The van der Waals surface area contributed by atoms with Crippen LogP contribution in [0.5, 0.6) is 0 Å². The van der Waals surface area contributed by atoms with Crippen molar-refractivity contribution in [2.45, 2.75) is 32.7 Å². The van der Waals surface area contributed by atoms with Crippen LogP contribution in [0, 0.1) is 0 Å². The molecule has 0 atom stereocenters. The molecule has 2 rings (SSSR count). The molecule has 102 valence electrons. The molecule has 1 amide bonds. The predicted molar refractivity (Wildman–Crippen MR) is 69.8 cm³/mol. The highest BCUT2D eigenvalue weighted by molar-refractivity contribution is 5.92. The Morgan fingerprint density at radius 1 is 1.53 bits per heavy atom. The molecule has 0 bridgehead atoms. The van der Waals surface area contributed by atoms with Crippen LogP contribution in [0.25, 0.3) is 0 Å². The summed E-state index contributed by atoms with van der Waals surface area (Å²) in [6, 6.07) is 1.69. The molecule has 0 aromatic carbocycles. The lowest BCUT2D eigenvalue weighted by atomic mass is 10.1. The highest BCUT2D eigenvalue weighted by atomic mass is 16.5. The molecule has 2 aromatic heterocycles. The molecule has 6 nitrogen and oxygen atoms in total. The van der Waals surface area contributed by atoms with Gasteiger partial charge in [-0.15, -0.1) is 0 Å². The van der Waals surface area contributed by atoms with E-state index in [9.17, 15) is 4.79 Å². The summed E-state index contributed by atoms with van der Waals surface area (Å²) in [5.74, 6) is 0.764. The predicted octanol–water partition coefficient (Wildman–Crippen LogP) is 1.81. The molecule has 19 heavy (non-hydrogen) atoms. The van der Waals surface area contributed by atoms with Gasteiger partial charge in [0.25, 0.3) is 5.91 Å². The van der Waals surface area contributed by atoms with Crippen LogP contribution in [0.1, 0.15) is 42.4 Å². The fourth-order valence-corrected chi connectivity index (χ4v) is 1.64. The van der Waals surface area contributed by atoms with Gasteiger partial charge in [-0.05, 0) is 6.42 Å². The third-order valence-electron chi connectivity index (χ3n) is 2.77. The molecule has 0 aliphatic carbocycles. The van der Waals surface area contributed by atoms with Gasteiger partial charge in [-0.1, -0.05) is 19.0 Å². The van der Waals surface area contributed by atoms with Crippen LogP contribution in [-0.4, -0.2) is 27.2 Å². The highest BCUT2D eigenvalue weighted by Crippen LogP contribution is 2.14. The minimum Gasteiger partial charge on any atom is -0.360 e. The van der Waals surface area contributed by atoms with E-state index in [-0.39, 0.29) is 11.8 Å². The first-order chi connectivity index (χ1) is 9.16. The van der Waals surface area contributed by atoms with E-state index in [4.69, 9.17) is 4.52 Å². The van der Waals surface area contributed by atoms with Gasteiger partial charge < -0.3 is 14.4 Å². The lowest BCUT2D eigenvalue weighted by Gasteiger charge is -2.03. The van der Waals surface area contributed by atoms with E-state index < -0.39 is 0 Å². The number of amides is 1. The van der Waals surface area contributed by atoms with Gasteiger partial charge in [0.05, 0.1) is 6.33 Å². The van der Waals surface area contributed by atoms with Gasteiger partial charge in [-0.2, -0.15) is 0 Å². The number of aromatic nitrogens is 3. The average molecular weight is 262 g/mol. The van der Waals surface area contributed by atoms with E-state index in [1.807, 2.05) is 24.6 Å². The fourth-order valence-electron chi connectivity index (χ4n) is 1.64. The lowest BCUT2D eigenvalue weighted by molar-refractivity contribution is 0.0943. The van der Waals surface area contributed by atoms with Crippen LogP contribution >= 0.6 is 0 Å². The molecule has 0 saturated heterocycles. The molecule has 0 aliphatic heterocycles. The van der Waals surface area contributed by atoms with Gasteiger partial charge in [0.2, 0.25) is 0 Å². The number of nitrogens with one attached hydrogen (secondary N) is 1. The third kappa shape index (κ3) is 3.67. The number of imidazole rings is 1. The van der Waals surface area contributed by atoms with Gasteiger partial charge >= 0.3 is 0 Å². The Morgan fingerprint density at radius 2 is 2.37 bits per heavy atom. The molecule has 1 N–H and O–H groups in total. The van der Waals surface area contributed by atoms with Crippen molar-refractivity contribution >= 4 is 5.91 Å². The zero-order valence-electron chi connectivity index (χ0n) is 11.2. The summed E-state index contributed by atoms with van der Waals surface area (Å²) >= 11 is 0. The largest absolute Gasteiger partial charge is 0.360 e. The Bertz CT molecular complexity index is 516. The molecule has 0 fully saturated rings. The summed E-state index contributed by atoms with van der Waals surface area (Å²) in [5, 5.41) is 6.58. The second kappa shape index (κ2) is 6.17. The van der Waals surface area contributed by atoms with E-state index in [2.05, 4.69) is 15.5 Å². The van der Waals surface area contributed by atoms with Crippen molar-refractivity contribution in [3.05, 3.63) is 36.2 Å². The Kier molecular flexibility index (Phi) is 4.33. The van der Waals surface area contributed by atoms with Crippen LogP contribution in [0.3, 0.4) is 0 Å². The van der Waals surface area contributed by atoms with Crippen LogP contribution < -0.4 is 5.32 Å². The SMILES string of the molecule is CC(C)c1cc(C(=O)NCCCn2ccnc2)no1. The van der Waals surface area contributed by atoms with Crippen molar-refractivity contribution in [2.24, 2.45) is 0 Å². The van der Waals surface area contributed by atoms with Gasteiger partial charge in [0.1, 0.15) is 5.76 Å². The van der Waals surface area contributed by atoms with Gasteiger partial charge in [-0.3, -0.25) is 4.79 Å². The number of hydrogen-bond acceptors (Lipinski definition) is 4. The molecule has 0 saturated carbocycles. The fraction of sp³-hybridized carbons (Fsp3) is 0.462. The second-order valence-electron chi connectivity index (χ2n) is 4.68. The molecule has 0 unspecified atom stereocenters. The lowest BCUT2D eigenvalue weighted by Crippen LogP contribution is -2.25. The molecule has 2 heterocycles. The van der Waals surface area contributed by atoms with Crippen molar-refractivity contribution in [2.75, 3.05) is 6.54 Å². The Balaban J connectivity index is 1.74. The maximum atomic E-state index is 11.8. The number of hydrogen-bond donors (Lipinski definition) is 1.